The number of hydrogen-bond acceptors (Lipinski definition) is 4. The van der Waals surface area contributed by atoms with E-state index in [9.17, 15) is 4.79 Å². The molecule has 18 heavy (non-hydrogen) atoms. The standard InChI is InChI=1S/C12H14N2O3S/c15-11(4-3-10-2-1-7-17-10)13-12(18)14-5-8-16-9-6-14/h1-4,7H,5-6,8-9H2,(H,13,15,18)/b4-3+. The van der Waals surface area contributed by atoms with Crippen LogP contribution >= 0.6 is 12.2 Å². The van der Waals surface area contributed by atoms with E-state index in [2.05, 4.69) is 5.32 Å². The first kappa shape index (κ1) is 12.8. The lowest BCUT2D eigenvalue weighted by molar-refractivity contribution is -0.115. The van der Waals surface area contributed by atoms with E-state index in [1.54, 1.807) is 24.5 Å². The molecule has 1 N–H and O–H groups in total. The molecule has 96 valence electrons. The van der Waals surface area contributed by atoms with Crippen LogP contribution in [0.2, 0.25) is 0 Å². The van der Waals surface area contributed by atoms with Crippen LogP contribution in [0.1, 0.15) is 5.76 Å². The average molecular weight is 266 g/mol. The number of ether oxygens (including phenoxy) is 1. The number of carbonyl (C=O) groups is 1. The van der Waals surface area contributed by atoms with Gasteiger partial charge in [0, 0.05) is 19.2 Å². The van der Waals surface area contributed by atoms with Crippen LogP contribution in [0.5, 0.6) is 0 Å². The molecule has 1 amide bonds. The van der Waals surface area contributed by atoms with Crippen molar-refractivity contribution in [2.45, 2.75) is 0 Å². The zero-order chi connectivity index (χ0) is 12.8. The fourth-order valence-corrected chi connectivity index (χ4v) is 1.82. The molecular weight excluding hydrogens is 252 g/mol. The van der Waals surface area contributed by atoms with Gasteiger partial charge in [0.05, 0.1) is 19.5 Å². The highest BCUT2D eigenvalue weighted by Gasteiger charge is 2.14. The quantitative estimate of drug-likeness (QED) is 0.640. The third-order valence-corrected chi connectivity index (χ3v) is 2.83. The van der Waals surface area contributed by atoms with E-state index in [1.165, 1.54) is 6.08 Å². The van der Waals surface area contributed by atoms with Crippen molar-refractivity contribution in [3.05, 3.63) is 30.2 Å². The molecule has 0 aromatic carbocycles. The van der Waals surface area contributed by atoms with Gasteiger partial charge in [0.2, 0.25) is 5.91 Å². The Kier molecular flexibility index (Phi) is 4.49. The number of amides is 1. The van der Waals surface area contributed by atoms with Crippen molar-refractivity contribution in [2.75, 3.05) is 26.3 Å². The molecule has 2 rings (SSSR count). The number of furan rings is 1. The van der Waals surface area contributed by atoms with Gasteiger partial charge in [0.25, 0.3) is 0 Å². The summed E-state index contributed by atoms with van der Waals surface area (Å²) in [6.45, 7) is 2.69. The lowest BCUT2D eigenvalue weighted by Gasteiger charge is -2.28. The average Bonchev–Trinajstić information content (AvgIpc) is 2.90. The second-order valence-electron chi connectivity index (χ2n) is 3.74. The summed E-state index contributed by atoms with van der Waals surface area (Å²) in [5.74, 6) is 0.366. The zero-order valence-corrected chi connectivity index (χ0v) is 10.6. The zero-order valence-electron chi connectivity index (χ0n) is 9.80. The molecule has 1 fully saturated rings. The predicted octanol–water partition coefficient (Wildman–Crippen LogP) is 1.03. The molecule has 1 aromatic rings. The number of nitrogens with one attached hydrogen (secondary N) is 1. The Morgan fingerprint density at radius 3 is 2.89 bits per heavy atom. The Morgan fingerprint density at radius 2 is 2.22 bits per heavy atom. The van der Waals surface area contributed by atoms with Crippen LogP contribution in [0.15, 0.2) is 28.9 Å². The van der Waals surface area contributed by atoms with Crippen molar-refractivity contribution in [1.29, 1.82) is 0 Å². The lowest BCUT2D eigenvalue weighted by atomic mass is 10.4. The monoisotopic (exact) mass is 266 g/mol. The van der Waals surface area contributed by atoms with Gasteiger partial charge < -0.3 is 14.1 Å². The lowest BCUT2D eigenvalue weighted by Crippen LogP contribution is -2.47. The van der Waals surface area contributed by atoms with E-state index >= 15 is 0 Å². The molecule has 0 unspecified atom stereocenters. The van der Waals surface area contributed by atoms with E-state index < -0.39 is 0 Å². The smallest absolute Gasteiger partial charge is 0.250 e. The second-order valence-corrected chi connectivity index (χ2v) is 4.13. The highest BCUT2D eigenvalue weighted by Crippen LogP contribution is 2.02. The van der Waals surface area contributed by atoms with E-state index in [4.69, 9.17) is 21.4 Å². The maximum absolute atomic E-state index is 11.6. The first-order valence-corrected chi connectivity index (χ1v) is 6.06. The summed E-state index contributed by atoms with van der Waals surface area (Å²) < 4.78 is 10.3. The summed E-state index contributed by atoms with van der Waals surface area (Å²) in [4.78, 5) is 13.5. The van der Waals surface area contributed by atoms with Crippen molar-refractivity contribution in [1.82, 2.24) is 10.2 Å². The number of nitrogens with zero attached hydrogens (tertiary/aromatic N) is 1. The first-order valence-electron chi connectivity index (χ1n) is 5.65. The molecule has 1 aliphatic heterocycles. The van der Waals surface area contributed by atoms with Gasteiger partial charge in [0.15, 0.2) is 5.11 Å². The Labute approximate surface area is 110 Å². The van der Waals surface area contributed by atoms with Crippen LogP contribution in [0.25, 0.3) is 6.08 Å². The molecule has 0 aliphatic carbocycles. The summed E-state index contributed by atoms with van der Waals surface area (Å²) >= 11 is 5.15. The second kappa shape index (κ2) is 6.32. The van der Waals surface area contributed by atoms with Crippen LogP contribution < -0.4 is 5.32 Å². The molecule has 0 spiro atoms. The minimum atomic E-state index is -0.261. The fourth-order valence-electron chi connectivity index (χ4n) is 1.54. The first-order chi connectivity index (χ1) is 8.75. The highest BCUT2D eigenvalue weighted by molar-refractivity contribution is 7.80. The SMILES string of the molecule is O=C(/C=C/c1ccco1)NC(=S)N1CCOCC1. The van der Waals surface area contributed by atoms with Crippen molar-refractivity contribution < 1.29 is 13.9 Å². The van der Waals surface area contributed by atoms with Gasteiger partial charge in [0.1, 0.15) is 5.76 Å². The number of thiocarbonyl (C=S) groups is 1. The van der Waals surface area contributed by atoms with Gasteiger partial charge in [-0.2, -0.15) is 0 Å². The Bertz CT molecular complexity index is 436. The molecule has 0 atom stereocenters. The van der Waals surface area contributed by atoms with Crippen molar-refractivity contribution in [3.8, 4) is 0 Å². The molecule has 0 saturated carbocycles. The molecule has 1 aliphatic rings. The molecule has 1 aromatic heterocycles. The molecule has 0 bridgehead atoms. The van der Waals surface area contributed by atoms with Crippen LogP contribution in [0.4, 0.5) is 0 Å². The summed E-state index contributed by atoms with van der Waals surface area (Å²) in [7, 11) is 0. The third-order valence-electron chi connectivity index (χ3n) is 2.47. The predicted molar refractivity (Wildman–Crippen MR) is 70.9 cm³/mol. The third kappa shape index (κ3) is 3.68. The molecule has 1 saturated heterocycles. The Hall–Kier alpha value is -1.66. The summed E-state index contributed by atoms with van der Waals surface area (Å²) in [6, 6.07) is 3.53. The largest absolute Gasteiger partial charge is 0.465 e. The summed E-state index contributed by atoms with van der Waals surface area (Å²) in [6.07, 6.45) is 4.54. The fraction of sp³-hybridized carbons (Fsp3) is 0.333. The number of morpholine rings is 1. The van der Waals surface area contributed by atoms with Gasteiger partial charge in [-0.3, -0.25) is 10.1 Å². The van der Waals surface area contributed by atoms with Gasteiger partial charge in [-0.1, -0.05) is 0 Å². The molecular formula is C12H14N2O3S. The molecule has 0 radical (unpaired) electrons. The molecule has 2 heterocycles. The molecule has 6 heteroatoms. The van der Waals surface area contributed by atoms with Crippen LogP contribution in [0.3, 0.4) is 0 Å². The number of rotatable bonds is 2. The van der Waals surface area contributed by atoms with Crippen molar-refractivity contribution in [3.63, 3.8) is 0 Å². The van der Waals surface area contributed by atoms with Crippen LogP contribution in [0, 0.1) is 0 Å². The normalized spacial score (nSPS) is 15.9. The van der Waals surface area contributed by atoms with Gasteiger partial charge >= 0.3 is 0 Å². The van der Waals surface area contributed by atoms with Crippen LogP contribution in [-0.2, 0) is 9.53 Å². The van der Waals surface area contributed by atoms with Crippen molar-refractivity contribution in [2.24, 2.45) is 0 Å². The number of carbonyl (C=O) groups excluding carboxylic acids is 1. The minimum absolute atomic E-state index is 0.261. The Morgan fingerprint density at radius 1 is 1.44 bits per heavy atom. The van der Waals surface area contributed by atoms with Crippen molar-refractivity contribution >= 4 is 29.3 Å². The van der Waals surface area contributed by atoms with Gasteiger partial charge in [-0.25, -0.2) is 0 Å². The maximum Gasteiger partial charge on any atom is 0.250 e. The maximum atomic E-state index is 11.6. The van der Waals surface area contributed by atoms with E-state index in [1.807, 2.05) is 4.90 Å². The topological polar surface area (TPSA) is 54.7 Å². The van der Waals surface area contributed by atoms with Crippen LogP contribution in [-0.4, -0.2) is 42.2 Å². The number of hydrogen-bond donors (Lipinski definition) is 1. The Balaban J connectivity index is 1.81. The summed E-state index contributed by atoms with van der Waals surface area (Å²) in [5, 5.41) is 3.08. The highest BCUT2D eigenvalue weighted by atomic mass is 32.1. The van der Waals surface area contributed by atoms with Gasteiger partial charge in [-0.05, 0) is 30.4 Å². The summed E-state index contributed by atoms with van der Waals surface area (Å²) in [5.41, 5.74) is 0. The van der Waals surface area contributed by atoms with E-state index in [-0.39, 0.29) is 5.91 Å². The molecule has 5 nitrogen and oxygen atoms in total. The van der Waals surface area contributed by atoms with E-state index in [0.717, 1.165) is 0 Å². The minimum Gasteiger partial charge on any atom is -0.465 e. The van der Waals surface area contributed by atoms with Gasteiger partial charge in [-0.15, -0.1) is 0 Å². The van der Waals surface area contributed by atoms with E-state index in [0.29, 0.717) is 37.2 Å².